The highest BCUT2D eigenvalue weighted by Gasteiger charge is 2.30. The van der Waals surface area contributed by atoms with Crippen LogP contribution in [0.15, 0.2) is 4.52 Å². The van der Waals surface area contributed by atoms with E-state index in [4.69, 9.17) is 9.63 Å². The number of aryl methyl sites for hydroxylation is 1. The number of carboxylic acids is 1. The van der Waals surface area contributed by atoms with Crippen LogP contribution in [0.4, 0.5) is 4.79 Å². The van der Waals surface area contributed by atoms with Crippen molar-refractivity contribution in [3.8, 4) is 0 Å². The molecule has 1 rings (SSSR count). The normalized spacial score (nSPS) is 11.0. The van der Waals surface area contributed by atoms with E-state index in [-0.39, 0.29) is 13.0 Å². The summed E-state index contributed by atoms with van der Waals surface area (Å²) < 4.78 is 4.76. The van der Waals surface area contributed by atoms with Gasteiger partial charge in [0.25, 0.3) is 0 Å². The summed E-state index contributed by atoms with van der Waals surface area (Å²) in [5, 5.41) is 17.1. The molecule has 0 fully saturated rings. The summed E-state index contributed by atoms with van der Waals surface area (Å²) in [6, 6.07) is -0.693. The number of nitrogens with one attached hydrogen (secondary N) is 2. The van der Waals surface area contributed by atoms with Gasteiger partial charge in [0.05, 0.1) is 5.41 Å². The standard InChI is InChI=1S/C12H18N4O5/c1-7-14-8(16-21-7)4-5-13-11(20)15-9(17)6-12(2,3)10(18)19/h4-6H2,1-3H3,(H,18,19)(H2,13,15,17,20). The number of hydrogen-bond donors (Lipinski definition) is 3. The fourth-order valence-corrected chi connectivity index (χ4v) is 1.42. The summed E-state index contributed by atoms with van der Waals surface area (Å²) in [5.41, 5.74) is -1.23. The lowest BCUT2D eigenvalue weighted by molar-refractivity contribution is -0.149. The molecule has 0 aliphatic rings. The first-order valence-electron chi connectivity index (χ1n) is 6.31. The highest BCUT2D eigenvalue weighted by atomic mass is 16.5. The van der Waals surface area contributed by atoms with E-state index in [2.05, 4.69) is 20.8 Å². The molecular formula is C12H18N4O5. The Morgan fingerprint density at radius 3 is 2.52 bits per heavy atom. The van der Waals surface area contributed by atoms with Crippen LogP contribution in [0, 0.1) is 12.3 Å². The van der Waals surface area contributed by atoms with Gasteiger partial charge in [-0.1, -0.05) is 5.16 Å². The van der Waals surface area contributed by atoms with Crippen molar-refractivity contribution in [2.75, 3.05) is 6.54 Å². The molecule has 0 spiro atoms. The zero-order chi connectivity index (χ0) is 16.0. The van der Waals surface area contributed by atoms with Crippen LogP contribution >= 0.6 is 0 Å². The molecule has 0 radical (unpaired) electrons. The maximum Gasteiger partial charge on any atom is 0.321 e. The highest BCUT2D eigenvalue weighted by molar-refractivity contribution is 5.96. The fourth-order valence-electron chi connectivity index (χ4n) is 1.42. The van der Waals surface area contributed by atoms with Gasteiger partial charge in [0, 0.05) is 26.3 Å². The van der Waals surface area contributed by atoms with Crippen molar-refractivity contribution in [3.63, 3.8) is 0 Å². The summed E-state index contributed by atoms with van der Waals surface area (Å²) in [7, 11) is 0. The average molecular weight is 298 g/mol. The predicted octanol–water partition coefficient (Wildman–Crippen LogP) is 0.247. The van der Waals surface area contributed by atoms with Crippen LogP contribution in [0.25, 0.3) is 0 Å². The SMILES string of the molecule is Cc1nc(CCNC(=O)NC(=O)CC(C)(C)C(=O)O)no1. The first-order chi connectivity index (χ1) is 9.70. The molecule has 0 atom stereocenters. The van der Waals surface area contributed by atoms with Gasteiger partial charge in [-0.15, -0.1) is 0 Å². The minimum atomic E-state index is -1.23. The molecule has 1 aromatic heterocycles. The number of nitrogens with zero attached hydrogens (tertiary/aromatic N) is 2. The molecule has 0 unspecified atom stereocenters. The van der Waals surface area contributed by atoms with Gasteiger partial charge in [-0.2, -0.15) is 4.98 Å². The third-order valence-corrected chi connectivity index (χ3v) is 2.64. The minimum Gasteiger partial charge on any atom is -0.481 e. The van der Waals surface area contributed by atoms with E-state index in [1.165, 1.54) is 13.8 Å². The second kappa shape index (κ2) is 6.82. The number of carbonyl (C=O) groups is 3. The van der Waals surface area contributed by atoms with Gasteiger partial charge in [-0.25, -0.2) is 4.79 Å². The minimum absolute atomic E-state index is 0.223. The van der Waals surface area contributed by atoms with Crippen molar-refractivity contribution in [3.05, 3.63) is 11.7 Å². The average Bonchev–Trinajstić information content (AvgIpc) is 2.73. The molecule has 21 heavy (non-hydrogen) atoms. The molecule has 0 saturated carbocycles. The number of carbonyl (C=O) groups excluding carboxylic acids is 2. The molecule has 3 amide bonds. The van der Waals surface area contributed by atoms with E-state index in [1.54, 1.807) is 6.92 Å². The molecule has 116 valence electrons. The van der Waals surface area contributed by atoms with Gasteiger partial charge in [-0.3, -0.25) is 14.9 Å². The van der Waals surface area contributed by atoms with Gasteiger partial charge in [-0.05, 0) is 13.8 Å². The molecular weight excluding hydrogens is 280 g/mol. The molecule has 1 aromatic rings. The lowest BCUT2D eigenvalue weighted by Gasteiger charge is -2.17. The Labute approximate surface area is 121 Å². The number of aliphatic carboxylic acids is 1. The van der Waals surface area contributed by atoms with E-state index in [1.807, 2.05) is 0 Å². The van der Waals surface area contributed by atoms with Gasteiger partial charge < -0.3 is 14.9 Å². The van der Waals surface area contributed by atoms with Crippen molar-refractivity contribution >= 4 is 17.9 Å². The topological polar surface area (TPSA) is 134 Å². The summed E-state index contributed by atoms with van der Waals surface area (Å²) in [5.74, 6) is -0.882. The van der Waals surface area contributed by atoms with Crippen molar-refractivity contribution in [2.45, 2.75) is 33.6 Å². The van der Waals surface area contributed by atoms with E-state index in [0.717, 1.165) is 0 Å². The molecule has 9 heteroatoms. The van der Waals surface area contributed by atoms with Gasteiger partial charge in [0.15, 0.2) is 5.82 Å². The Kier molecular flexibility index (Phi) is 5.39. The molecule has 0 saturated heterocycles. The second-order valence-electron chi connectivity index (χ2n) is 5.15. The van der Waals surface area contributed by atoms with E-state index >= 15 is 0 Å². The lowest BCUT2D eigenvalue weighted by Crippen LogP contribution is -2.42. The van der Waals surface area contributed by atoms with Crippen molar-refractivity contribution in [2.24, 2.45) is 5.41 Å². The zero-order valence-corrected chi connectivity index (χ0v) is 12.1. The summed E-state index contributed by atoms with van der Waals surface area (Å²) in [6.45, 7) is 4.69. The molecule has 0 aliphatic heterocycles. The maximum absolute atomic E-state index is 11.5. The monoisotopic (exact) mass is 298 g/mol. The molecule has 0 aromatic carbocycles. The van der Waals surface area contributed by atoms with E-state index < -0.39 is 23.3 Å². The van der Waals surface area contributed by atoms with Crippen molar-refractivity contribution in [1.82, 2.24) is 20.8 Å². The number of rotatable bonds is 6. The molecule has 1 heterocycles. The Morgan fingerprint density at radius 2 is 2.00 bits per heavy atom. The summed E-state index contributed by atoms with van der Waals surface area (Å²) in [6.07, 6.45) is 0.0688. The van der Waals surface area contributed by atoms with Crippen LogP contribution in [0.1, 0.15) is 32.0 Å². The second-order valence-corrected chi connectivity index (χ2v) is 5.15. The Hall–Kier alpha value is -2.45. The largest absolute Gasteiger partial charge is 0.481 e. The van der Waals surface area contributed by atoms with Crippen LogP contribution in [-0.4, -0.2) is 39.7 Å². The summed E-state index contributed by atoms with van der Waals surface area (Å²) >= 11 is 0. The number of amides is 3. The first kappa shape index (κ1) is 16.6. The maximum atomic E-state index is 11.5. The van der Waals surface area contributed by atoms with E-state index in [9.17, 15) is 14.4 Å². The van der Waals surface area contributed by atoms with Crippen LogP contribution in [0.2, 0.25) is 0 Å². The van der Waals surface area contributed by atoms with Crippen molar-refractivity contribution in [1.29, 1.82) is 0 Å². The van der Waals surface area contributed by atoms with Crippen LogP contribution in [0.3, 0.4) is 0 Å². The Bertz CT molecular complexity index is 538. The number of carboxylic acid groups (broad SMARTS) is 1. The van der Waals surface area contributed by atoms with Crippen LogP contribution < -0.4 is 10.6 Å². The number of imide groups is 1. The molecule has 3 N–H and O–H groups in total. The van der Waals surface area contributed by atoms with E-state index in [0.29, 0.717) is 18.1 Å². The predicted molar refractivity (Wildman–Crippen MR) is 70.3 cm³/mol. The number of aromatic nitrogens is 2. The third-order valence-electron chi connectivity index (χ3n) is 2.64. The number of hydrogen-bond acceptors (Lipinski definition) is 6. The lowest BCUT2D eigenvalue weighted by atomic mass is 9.89. The van der Waals surface area contributed by atoms with Crippen molar-refractivity contribution < 1.29 is 24.0 Å². The van der Waals surface area contributed by atoms with Crippen LogP contribution in [-0.2, 0) is 16.0 Å². The highest BCUT2D eigenvalue weighted by Crippen LogP contribution is 2.19. The first-order valence-corrected chi connectivity index (χ1v) is 6.31. The number of urea groups is 1. The van der Waals surface area contributed by atoms with Crippen LogP contribution in [0.5, 0.6) is 0 Å². The van der Waals surface area contributed by atoms with Gasteiger partial charge >= 0.3 is 12.0 Å². The van der Waals surface area contributed by atoms with Gasteiger partial charge in [0.2, 0.25) is 11.8 Å². The Morgan fingerprint density at radius 1 is 1.33 bits per heavy atom. The third kappa shape index (κ3) is 5.59. The molecule has 0 aliphatic carbocycles. The van der Waals surface area contributed by atoms with Gasteiger partial charge in [0.1, 0.15) is 0 Å². The fraction of sp³-hybridized carbons (Fsp3) is 0.583. The Balaban J connectivity index is 2.30. The molecule has 9 nitrogen and oxygen atoms in total. The smallest absolute Gasteiger partial charge is 0.321 e. The molecule has 0 bridgehead atoms. The zero-order valence-electron chi connectivity index (χ0n) is 12.1. The quantitative estimate of drug-likeness (QED) is 0.685. The summed E-state index contributed by atoms with van der Waals surface area (Å²) in [4.78, 5) is 37.8.